The van der Waals surface area contributed by atoms with Gasteiger partial charge in [0.15, 0.2) is 6.10 Å². The van der Waals surface area contributed by atoms with E-state index >= 15 is 0 Å². The molecule has 1 atom stereocenters. The lowest BCUT2D eigenvalue weighted by atomic mass is 10.1. The van der Waals surface area contributed by atoms with Crippen LogP contribution in [0.3, 0.4) is 0 Å². The predicted octanol–water partition coefficient (Wildman–Crippen LogP) is 2.22. The van der Waals surface area contributed by atoms with E-state index in [1.807, 2.05) is 19.1 Å². The Morgan fingerprint density at radius 1 is 1.60 bits per heavy atom. The van der Waals surface area contributed by atoms with E-state index in [1.54, 1.807) is 12.1 Å². The summed E-state index contributed by atoms with van der Waals surface area (Å²) in [6.07, 6.45) is -0.671. The number of nitriles is 1. The third-order valence-electron chi connectivity index (χ3n) is 1.99. The first-order chi connectivity index (χ1) is 7.19. The van der Waals surface area contributed by atoms with Crippen molar-refractivity contribution >= 4 is 11.6 Å². The van der Waals surface area contributed by atoms with E-state index in [4.69, 9.17) is 26.7 Å². The van der Waals surface area contributed by atoms with Crippen molar-refractivity contribution in [3.8, 4) is 6.07 Å². The van der Waals surface area contributed by atoms with Crippen LogP contribution in [0.15, 0.2) is 18.2 Å². The molecule has 0 aliphatic carbocycles. The Morgan fingerprint density at radius 3 is 2.87 bits per heavy atom. The number of hydrogen-bond donors (Lipinski definition) is 1. The molecule has 0 aliphatic heterocycles. The lowest BCUT2D eigenvalue weighted by Crippen LogP contribution is -2.06. The van der Waals surface area contributed by atoms with Gasteiger partial charge in [-0.25, -0.2) is 0 Å². The number of aryl methyl sites for hydroxylation is 1. The SMILES string of the molecule is Cc1ccc(C(C#N)OCCO)cc1Cl. The van der Waals surface area contributed by atoms with Crippen molar-refractivity contribution in [1.82, 2.24) is 0 Å². The number of hydrogen-bond acceptors (Lipinski definition) is 3. The first kappa shape index (κ1) is 12.0. The molecule has 4 heteroatoms. The molecular formula is C11H12ClNO2. The fourth-order valence-corrected chi connectivity index (χ4v) is 1.34. The number of rotatable bonds is 4. The Labute approximate surface area is 93.9 Å². The highest BCUT2D eigenvalue weighted by Gasteiger charge is 2.11. The van der Waals surface area contributed by atoms with Gasteiger partial charge < -0.3 is 9.84 Å². The molecule has 0 saturated carbocycles. The third kappa shape index (κ3) is 3.21. The molecule has 0 fully saturated rings. The number of nitrogens with zero attached hydrogens (tertiary/aromatic N) is 1. The fourth-order valence-electron chi connectivity index (χ4n) is 1.15. The number of benzene rings is 1. The number of ether oxygens (including phenoxy) is 1. The fraction of sp³-hybridized carbons (Fsp3) is 0.364. The van der Waals surface area contributed by atoms with Crippen LogP contribution in [0.25, 0.3) is 0 Å². The molecule has 0 amide bonds. The summed E-state index contributed by atoms with van der Waals surface area (Å²) < 4.78 is 5.15. The van der Waals surface area contributed by atoms with E-state index in [-0.39, 0.29) is 13.2 Å². The average molecular weight is 226 g/mol. The first-order valence-electron chi connectivity index (χ1n) is 4.57. The van der Waals surface area contributed by atoms with Crippen molar-refractivity contribution in [2.75, 3.05) is 13.2 Å². The maximum Gasteiger partial charge on any atom is 0.169 e. The van der Waals surface area contributed by atoms with E-state index in [2.05, 4.69) is 0 Å². The summed E-state index contributed by atoms with van der Waals surface area (Å²) in [6.45, 7) is 1.93. The lowest BCUT2D eigenvalue weighted by molar-refractivity contribution is 0.0581. The zero-order chi connectivity index (χ0) is 11.3. The summed E-state index contributed by atoms with van der Waals surface area (Å²) in [5.41, 5.74) is 1.67. The zero-order valence-electron chi connectivity index (χ0n) is 8.40. The van der Waals surface area contributed by atoms with Crippen molar-refractivity contribution in [1.29, 1.82) is 5.26 Å². The van der Waals surface area contributed by atoms with Gasteiger partial charge in [0.05, 0.1) is 19.3 Å². The van der Waals surface area contributed by atoms with E-state index in [0.717, 1.165) is 5.56 Å². The Morgan fingerprint density at radius 2 is 2.33 bits per heavy atom. The third-order valence-corrected chi connectivity index (χ3v) is 2.40. The molecule has 1 rings (SSSR count). The van der Waals surface area contributed by atoms with Gasteiger partial charge >= 0.3 is 0 Å². The van der Waals surface area contributed by atoms with Crippen molar-refractivity contribution < 1.29 is 9.84 Å². The van der Waals surface area contributed by atoms with E-state index < -0.39 is 6.10 Å². The molecule has 1 aromatic carbocycles. The lowest BCUT2D eigenvalue weighted by Gasteiger charge is -2.10. The molecule has 0 radical (unpaired) electrons. The Bertz CT molecular complexity index is 373. The number of halogens is 1. The second kappa shape index (κ2) is 5.72. The van der Waals surface area contributed by atoms with Crippen molar-refractivity contribution in [3.63, 3.8) is 0 Å². The van der Waals surface area contributed by atoms with Crippen LogP contribution in [0.1, 0.15) is 17.2 Å². The largest absolute Gasteiger partial charge is 0.394 e. The quantitative estimate of drug-likeness (QED) is 0.855. The van der Waals surface area contributed by atoms with Gasteiger partial charge in [0.25, 0.3) is 0 Å². The molecule has 1 N–H and O–H groups in total. The molecule has 0 spiro atoms. The maximum atomic E-state index is 8.87. The van der Waals surface area contributed by atoms with Gasteiger partial charge in [-0.05, 0) is 24.1 Å². The topological polar surface area (TPSA) is 53.2 Å². The second-order valence-electron chi connectivity index (χ2n) is 3.11. The summed E-state index contributed by atoms with van der Waals surface area (Å²) in [4.78, 5) is 0. The first-order valence-corrected chi connectivity index (χ1v) is 4.95. The van der Waals surface area contributed by atoms with Gasteiger partial charge in [0.2, 0.25) is 0 Å². The average Bonchev–Trinajstić information content (AvgIpc) is 2.24. The Hall–Kier alpha value is -1.08. The van der Waals surface area contributed by atoms with Gasteiger partial charge in [-0.1, -0.05) is 23.7 Å². The minimum Gasteiger partial charge on any atom is -0.394 e. The minimum absolute atomic E-state index is 0.0994. The molecule has 3 nitrogen and oxygen atoms in total. The van der Waals surface area contributed by atoms with Gasteiger partial charge in [-0.15, -0.1) is 0 Å². The summed E-state index contributed by atoms with van der Waals surface area (Å²) >= 11 is 5.93. The molecule has 1 aromatic rings. The highest BCUT2D eigenvalue weighted by molar-refractivity contribution is 6.31. The molecule has 0 aromatic heterocycles. The highest BCUT2D eigenvalue weighted by atomic mass is 35.5. The summed E-state index contributed by atoms with van der Waals surface area (Å²) in [7, 11) is 0. The molecular weight excluding hydrogens is 214 g/mol. The smallest absolute Gasteiger partial charge is 0.169 e. The van der Waals surface area contributed by atoms with Gasteiger partial charge in [0.1, 0.15) is 0 Å². The molecule has 0 bridgehead atoms. The Kier molecular flexibility index (Phi) is 4.57. The van der Waals surface area contributed by atoms with Crippen molar-refractivity contribution in [3.05, 3.63) is 34.3 Å². The van der Waals surface area contributed by atoms with Crippen LogP contribution >= 0.6 is 11.6 Å². The van der Waals surface area contributed by atoms with E-state index in [9.17, 15) is 0 Å². The van der Waals surface area contributed by atoms with Gasteiger partial charge in [0, 0.05) is 5.02 Å². The second-order valence-corrected chi connectivity index (χ2v) is 3.52. The molecule has 0 heterocycles. The molecule has 0 aliphatic rings. The van der Waals surface area contributed by atoms with Crippen LogP contribution in [0.5, 0.6) is 0 Å². The van der Waals surface area contributed by atoms with Crippen molar-refractivity contribution in [2.24, 2.45) is 0 Å². The van der Waals surface area contributed by atoms with Crippen LogP contribution in [-0.2, 0) is 4.74 Å². The van der Waals surface area contributed by atoms with Crippen LogP contribution in [-0.4, -0.2) is 18.3 Å². The summed E-state index contributed by atoms with van der Waals surface area (Å²) in [5.74, 6) is 0. The van der Waals surface area contributed by atoms with Crippen molar-refractivity contribution in [2.45, 2.75) is 13.0 Å². The number of aliphatic hydroxyl groups excluding tert-OH is 1. The molecule has 80 valence electrons. The molecule has 0 saturated heterocycles. The normalized spacial score (nSPS) is 12.1. The van der Waals surface area contributed by atoms with Gasteiger partial charge in [-0.2, -0.15) is 5.26 Å². The summed E-state index contributed by atoms with van der Waals surface area (Å²) in [6, 6.07) is 7.35. The van der Waals surface area contributed by atoms with Crippen LogP contribution in [0.2, 0.25) is 5.02 Å². The van der Waals surface area contributed by atoms with Crippen LogP contribution in [0.4, 0.5) is 0 Å². The molecule has 15 heavy (non-hydrogen) atoms. The summed E-state index contributed by atoms with van der Waals surface area (Å²) in [5, 5.41) is 18.1. The van der Waals surface area contributed by atoms with E-state index in [0.29, 0.717) is 10.6 Å². The van der Waals surface area contributed by atoms with Crippen LogP contribution < -0.4 is 0 Å². The predicted molar refractivity (Wildman–Crippen MR) is 57.6 cm³/mol. The van der Waals surface area contributed by atoms with E-state index in [1.165, 1.54) is 0 Å². The number of aliphatic hydroxyl groups is 1. The highest BCUT2D eigenvalue weighted by Crippen LogP contribution is 2.23. The Balaban J connectivity index is 2.84. The molecule has 1 unspecified atom stereocenters. The minimum atomic E-state index is -0.671. The standard InChI is InChI=1S/C11H12ClNO2/c1-8-2-3-9(6-10(8)12)11(7-13)15-5-4-14/h2-3,6,11,14H,4-5H2,1H3. The monoisotopic (exact) mass is 225 g/mol. The maximum absolute atomic E-state index is 8.87. The zero-order valence-corrected chi connectivity index (χ0v) is 9.16. The van der Waals surface area contributed by atoms with Crippen LogP contribution in [0, 0.1) is 18.3 Å². The van der Waals surface area contributed by atoms with Gasteiger partial charge in [-0.3, -0.25) is 0 Å².